The van der Waals surface area contributed by atoms with Crippen molar-refractivity contribution in [3.05, 3.63) is 47.9 Å². The number of hydrogen-bond donors (Lipinski definition) is 0. The van der Waals surface area contributed by atoms with Crippen LogP contribution in [-0.4, -0.2) is 13.1 Å². The number of halogens is 1. The Hall–Kier alpha value is -0.834. The SMILES string of the molecule is C[Si](C)(C)c1cnc(-c2[c-]cccc2F)cc1CC1CCCCC1.[Ir]. The standard InChI is InChI=1S/C21H27FNSi.Ir/c1-24(2,3)21-15-23-20(18-11-7-8-12-19(18)22)14-17(21)13-16-9-5-4-6-10-16;/h7-8,12,14-16H,4-6,9-10,13H2,1-3H3;/q-1;. The van der Waals surface area contributed by atoms with Crippen LogP contribution in [-0.2, 0) is 26.5 Å². The molecule has 0 unspecified atom stereocenters. The number of hydrogen-bond acceptors (Lipinski definition) is 1. The van der Waals surface area contributed by atoms with E-state index in [-0.39, 0.29) is 25.9 Å². The minimum absolute atomic E-state index is 0. The van der Waals surface area contributed by atoms with Gasteiger partial charge in [0.1, 0.15) is 0 Å². The molecule has 1 heterocycles. The van der Waals surface area contributed by atoms with Crippen LogP contribution in [0.5, 0.6) is 0 Å². The third-order valence-corrected chi connectivity index (χ3v) is 7.16. The minimum Gasteiger partial charge on any atom is -0.305 e. The fourth-order valence-electron chi connectivity index (χ4n) is 3.79. The molecule has 1 aromatic carbocycles. The zero-order valence-corrected chi connectivity index (χ0v) is 18.8. The molecule has 137 valence electrons. The summed E-state index contributed by atoms with van der Waals surface area (Å²) in [5.74, 6) is 0.531. The van der Waals surface area contributed by atoms with Gasteiger partial charge in [-0.2, -0.15) is 0 Å². The Bertz CT molecular complexity index is 705. The van der Waals surface area contributed by atoms with Crippen LogP contribution in [0.25, 0.3) is 11.3 Å². The average molecular weight is 533 g/mol. The smallest absolute Gasteiger partial charge is 0.0798 e. The first-order chi connectivity index (χ1) is 11.4. The Morgan fingerprint density at radius 2 is 1.92 bits per heavy atom. The van der Waals surface area contributed by atoms with E-state index in [0.717, 1.165) is 18.0 Å². The minimum atomic E-state index is -1.47. The molecule has 0 bridgehead atoms. The van der Waals surface area contributed by atoms with Crippen LogP contribution < -0.4 is 5.19 Å². The summed E-state index contributed by atoms with van der Waals surface area (Å²) in [5.41, 5.74) is 2.60. The molecule has 1 aliphatic rings. The van der Waals surface area contributed by atoms with E-state index >= 15 is 0 Å². The van der Waals surface area contributed by atoms with Gasteiger partial charge in [-0.05, 0) is 23.2 Å². The second-order valence-corrected chi connectivity index (χ2v) is 13.1. The summed E-state index contributed by atoms with van der Waals surface area (Å²) in [5, 5.41) is 1.42. The van der Waals surface area contributed by atoms with Crippen LogP contribution in [0, 0.1) is 17.8 Å². The van der Waals surface area contributed by atoms with Gasteiger partial charge in [-0.25, -0.2) is 0 Å². The number of pyridine rings is 1. The van der Waals surface area contributed by atoms with Gasteiger partial charge in [-0.15, -0.1) is 24.3 Å². The Kier molecular flexibility index (Phi) is 7.13. The van der Waals surface area contributed by atoms with Crippen LogP contribution in [0.15, 0.2) is 30.5 Å². The summed E-state index contributed by atoms with van der Waals surface area (Å²) in [7, 11) is -1.47. The summed E-state index contributed by atoms with van der Waals surface area (Å²) in [6.45, 7) is 7.09. The molecule has 4 heteroatoms. The number of nitrogens with zero attached hydrogens (tertiary/aromatic N) is 1. The molecule has 1 nitrogen and oxygen atoms in total. The van der Waals surface area contributed by atoms with Crippen molar-refractivity contribution in [2.45, 2.75) is 58.2 Å². The fraction of sp³-hybridized carbons (Fsp3) is 0.476. The maximum Gasteiger partial charge on any atom is 0.0798 e. The largest absolute Gasteiger partial charge is 0.305 e. The van der Waals surface area contributed by atoms with Crippen LogP contribution >= 0.6 is 0 Å². The van der Waals surface area contributed by atoms with Crippen molar-refractivity contribution in [2.24, 2.45) is 5.92 Å². The summed E-state index contributed by atoms with van der Waals surface area (Å²) in [6.07, 6.45) is 9.87. The monoisotopic (exact) mass is 533 g/mol. The van der Waals surface area contributed by atoms with Crippen molar-refractivity contribution in [1.82, 2.24) is 4.98 Å². The second kappa shape index (κ2) is 8.70. The Morgan fingerprint density at radius 3 is 2.56 bits per heavy atom. The molecule has 0 N–H and O–H groups in total. The quantitative estimate of drug-likeness (QED) is 0.382. The average Bonchev–Trinajstić information content (AvgIpc) is 2.55. The molecule has 1 radical (unpaired) electrons. The van der Waals surface area contributed by atoms with Gasteiger partial charge >= 0.3 is 0 Å². The van der Waals surface area contributed by atoms with Crippen molar-refractivity contribution >= 4 is 13.3 Å². The van der Waals surface area contributed by atoms with Gasteiger partial charge in [0, 0.05) is 32.1 Å². The Balaban J connectivity index is 0.00000225. The molecule has 1 aliphatic carbocycles. The van der Waals surface area contributed by atoms with E-state index in [9.17, 15) is 4.39 Å². The van der Waals surface area contributed by atoms with Crippen molar-refractivity contribution in [3.63, 3.8) is 0 Å². The summed E-state index contributed by atoms with van der Waals surface area (Å²) >= 11 is 0. The molecule has 3 rings (SSSR count). The third-order valence-electron chi connectivity index (χ3n) is 5.09. The van der Waals surface area contributed by atoms with Crippen molar-refractivity contribution in [1.29, 1.82) is 0 Å². The predicted molar refractivity (Wildman–Crippen MR) is 102 cm³/mol. The van der Waals surface area contributed by atoms with Crippen LogP contribution in [0.3, 0.4) is 0 Å². The van der Waals surface area contributed by atoms with Crippen molar-refractivity contribution in [2.75, 3.05) is 0 Å². The van der Waals surface area contributed by atoms with Gasteiger partial charge in [0.25, 0.3) is 0 Å². The normalized spacial score (nSPS) is 15.7. The molecule has 1 fully saturated rings. The van der Waals surface area contributed by atoms with Gasteiger partial charge in [-0.1, -0.05) is 68.9 Å². The zero-order valence-electron chi connectivity index (χ0n) is 15.4. The topological polar surface area (TPSA) is 12.9 Å². The van der Waals surface area contributed by atoms with Crippen molar-refractivity contribution in [3.8, 4) is 11.3 Å². The van der Waals surface area contributed by atoms with Crippen molar-refractivity contribution < 1.29 is 24.5 Å². The number of benzene rings is 1. The molecule has 1 aromatic heterocycles. The number of rotatable bonds is 4. The van der Waals surface area contributed by atoms with Gasteiger partial charge < -0.3 is 4.98 Å². The van der Waals surface area contributed by atoms with Gasteiger partial charge in [-0.3, -0.25) is 4.39 Å². The van der Waals surface area contributed by atoms with Gasteiger partial charge in [0.15, 0.2) is 0 Å². The molecular formula is C21H27FIrNSi-. The first-order valence-electron chi connectivity index (χ1n) is 9.11. The molecule has 0 atom stereocenters. The molecule has 0 aliphatic heterocycles. The van der Waals surface area contributed by atoms with E-state index in [4.69, 9.17) is 0 Å². The molecule has 0 amide bonds. The van der Waals surface area contributed by atoms with E-state index in [1.54, 1.807) is 12.1 Å². The molecule has 0 spiro atoms. The van der Waals surface area contributed by atoms with Gasteiger partial charge in [0.05, 0.1) is 8.07 Å². The Labute approximate surface area is 165 Å². The van der Waals surface area contributed by atoms with Crippen LogP contribution in [0.4, 0.5) is 4.39 Å². The van der Waals surface area contributed by atoms with E-state index in [1.165, 1.54) is 48.9 Å². The summed E-state index contributed by atoms with van der Waals surface area (Å²) in [6, 6.07) is 10.1. The molecule has 1 saturated carbocycles. The maximum atomic E-state index is 14.1. The van der Waals surface area contributed by atoms with E-state index < -0.39 is 8.07 Å². The molecule has 2 aromatic rings. The fourth-order valence-corrected chi connectivity index (χ4v) is 5.38. The van der Waals surface area contributed by atoms with Crippen LogP contribution in [0.1, 0.15) is 37.7 Å². The van der Waals surface area contributed by atoms with E-state index in [0.29, 0.717) is 5.56 Å². The predicted octanol–water partition coefficient (Wildman–Crippen LogP) is 5.35. The summed E-state index contributed by atoms with van der Waals surface area (Å²) < 4.78 is 14.1. The Morgan fingerprint density at radius 1 is 1.20 bits per heavy atom. The van der Waals surface area contributed by atoms with Crippen LogP contribution in [0.2, 0.25) is 19.6 Å². The number of aromatic nitrogens is 1. The molecule has 0 saturated heterocycles. The first-order valence-corrected chi connectivity index (χ1v) is 12.6. The van der Waals surface area contributed by atoms with E-state index in [2.05, 4.69) is 36.8 Å². The molecular weight excluding hydrogens is 506 g/mol. The maximum absolute atomic E-state index is 14.1. The third kappa shape index (κ3) is 5.09. The van der Waals surface area contributed by atoms with E-state index in [1.807, 2.05) is 6.20 Å². The second-order valence-electron chi connectivity index (χ2n) is 8.08. The first kappa shape index (κ1) is 20.5. The zero-order chi connectivity index (χ0) is 17.2. The summed E-state index contributed by atoms with van der Waals surface area (Å²) in [4.78, 5) is 4.59. The van der Waals surface area contributed by atoms with Gasteiger partial charge in [0.2, 0.25) is 0 Å². The molecule has 25 heavy (non-hydrogen) atoms.